The number of benzene rings is 1. The van der Waals surface area contributed by atoms with Gasteiger partial charge in [0.1, 0.15) is 10.9 Å². The maximum atomic E-state index is 11.1. The van der Waals surface area contributed by atoms with E-state index in [9.17, 15) is 4.79 Å². The van der Waals surface area contributed by atoms with Gasteiger partial charge in [0.05, 0.1) is 0 Å². The SMILES string of the molecule is C=CCOC(=O)NC(=S)Sc1ccccc1. The van der Waals surface area contributed by atoms with Crippen molar-refractivity contribution in [3.63, 3.8) is 0 Å². The summed E-state index contributed by atoms with van der Waals surface area (Å²) in [6, 6.07) is 9.54. The minimum absolute atomic E-state index is 0.171. The lowest BCUT2D eigenvalue weighted by Crippen LogP contribution is -2.27. The molecule has 0 aliphatic carbocycles. The molecule has 1 N–H and O–H groups in total. The number of hydrogen-bond donors (Lipinski definition) is 1. The Balaban J connectivity index is 2.36. The van der Waals surface area contributed by atoms with Crippen molar-refractivity contribution >= 4 is 34.4 Å². The first kappa shape index (κ1) is 12.7. The summed E-state index contributed by atoms with van der Waals surface area (Å²) in [5.74, 6) is 0. The standard InChI is InChI=1S/C11H11NO2S2/c1-2-8-14-10(13)12-11(15)16-9-6-4-3-5-7-9/h2-7H,1,8H2,(H,12,13,15). The van der Waals surface area contributed by atoms with E-state index in [0.717, 1.165) is 4.90 Å². The average Bonchev–Trinajstić information content (AvgIpc) is 2.27. The van der Waals surface area contributed by atoms with Crippen LogP contribution in [0.25, 0.3) is 0 Å². The summed E-state index contributed by atoms with van der Waals surface area (Å²) in [6.07, 6.45) is 0.931. The van der Waals surface area contributed by atoms with Crippen LogP contribution in [-0.4, -0.2) is 17.0 Å². The Hall–Kier alpha value is -1.33. The summed E-state index contributed by atoms with van der Waals surface area (Å²) < 4.78 is 5.09. The Morgan fingerprint density at radius 2 is 2.19 bits per heavy atom. The highest BCUT2D eigenvalue weighted by Gasteiger charge is 2.05. The Kier molecular flexibility index (Phi) is 5.60. The highest BCUT2D eigenvalue weighted by Crippen LogP contribution is 2.17. The minimum atomic E-state index is -0.562. The van der Waals surface area contributed by atoms with Crippen LogP contribution in [0.1, 0.15) is 0 Å². The summed E-state index contributed by atoms with van der Waals surface area (Å²) in [5.41, 5.74) is 0. The third kappa shape index (κ3) is 4.95. The summed E-state index contributed by atoms with van der Waals surface area (Å²) in [4.78, 5) is 12.1. The highest BCUT2D eigenvalue weighted by molar-refractivity contribution is 8.23. The second-order valence-electron chi connectivity index (χ2n) is 2.71. The van der Waals surface area contributed by atoms with Gasteiger partial charge >= 0.3 is 6.09 Å². The first-order chi connectivity index (χ1) is 7.72. The molecule has 0 bridgehead atoms. The molecule has 0 spiro atoms. The Morgan fingerprint density at radius 3 is 2.81 bits per heavy atom. The lowest BCUT2D eigenvalue weighted by atomic mass is 10.4. The van der Waals surface area contributed by atoms with Crippen molar-refractivity contribution < 1.29 is 9.53 Å². The van der Waals surface area contributed by atoms with Crippen LogP contribution < -0.4 is 5.32 Å². The van der Waals surface area contributed by atoms with Gasteiger partial charge in [-0.3, -0.25) is 5.32 Å². The van der Waals surface area contributed by atoms with Crippen LogP contribution in [0.3, 0.4) is 0 Å². The third-order valence-electron chi connectivity index (χ3n) is 1.49. The molecule has 1 rings (SSSR count). The average molecular weight is 253 g/mol. The van der Waals surface area contributed by atoms with E-state index >= 15 is 0 Å². The molecule has 0 heterocycles. The van der Waals surface area contributed by atoms with Crippen LogP contribution >= 0.6 is 24.0 Å². The van der Waals surface area contributed by atoms with E-state index in [1.165, 1.54) is 17.8 Å². The Bertz CT molecular complexity index is 379. The number of alkyl carbamates (subject to hydrolysis) is 1. The number of thioether (sulfide) groups is 1. The van der Waals surface area contributed by atoms with Gasteiger partial charge in [-0.15, -0.1) is 0 Å². The topological polar surface area (TPSA) is 38.3 Å². The van der Waals surface area contributed by atoms with Crippen LogP contribution in [0, 0.1) is 0 Å². The quantitative estimate of drug-likeness (QED) is 0.510. The smallest absolute Gasteiger partial charge is 0.412 e. The molecule has 16 heavy (non-hydrogen) atoms. The number of rotatable bonds is 3. The first-order valence-electron chi connectivity index (χ1n) is 4.54. The van der Waals surface area contributed by atoms with E-state index < -0.39 is 6.09 Å². The molecule has 0 atom stereocenters. The molecular weight excluding hydrogens is 242 g/mol. The van der Waals surface area contributed by atoms with Gasteiger partial charge in [0, 0.05) is 4.90 Å². The fraction of sp³-hybridized carbons (Fsp3) is 0.0909. The van der Waals surface area contributed by atoms with E-state index in [1.54, 1.807) is 0 Å². The van der Waals surface area contributed by atoms with Gasteiger partial charge in [0.2, 0.25) is 0 Å². The number of carbonyl (C=O) groups excluding carboxylic acids is 1. The molecule has 84 valence electrons. The zero-order valence-corrected chi connectivity index (χ0v) is 10.1. The van der Waals surface area contributed by atoms with E-state index in [0.29, 0.717) is 4.32 Å². The molecule has 0 unspecified atom stereocenters. The zero-order chi connectivity index (χ0) is 11.8. The van der Waals surface area contributed by atoms with Crippen molar-refractivity contribution in [1.29, 1.82) is 0 Å². The van der Waals surface area contributed by atoms with Crippen LogP contribution in [0.15, 0.2) is 47.9 Å². The predicted molar refractivity (Wildman–Crippen MR) is 69.6 cm³/mol. The van der Waals surface area contributed by atoms with Crippen LogP contribution in [-0.2, 0) is 4.74 Å². The van der Waals surface area contributed by atoms with E-state index in [4.69, 9.17) is 17.0 Å². The highest BCUT2D eigenvalue weighted by atomic mass is 32.2. The van der Waals surface area contributed by atoms with Gasteiger partial charge in [-0.2, -0.15) is 0 Å². The molecule has 5 heteroatoms. The van der Waals surface area contributed by atoms with Crippen LogP contribution in [0.4, 0.5) is 4.79 Å². The van der Waals surface area contributed by atoms with Gasteiger partial charge < -0.3 is 4.74 Å². The second-order valence-corrected chi connectivity index (χ2v) is 4.47. The molecule has 1 aromatic carbocycles. The van der Waals surface area contributed by atoms with Gasteiger partial charge in [-0.25, -0.2) is 4.79 Å². The number of hydrogen-bond acceptors (Lipinski definition) is 4. The molecular formula is C11H11NO2S2. The molecule has 0 fully saturated rings. The maximum Gasteiger partial charge on any atom is 0.412 e. The summed E-state index contributed by atoms with van der Waals surface area (Å²) in [6.45, 7) is 3.61. The second kappa shape index (κ2) is 7.03. The van der Waals surface area contributed by atoms with Crippen LogP contribution in [0.2, 0.25) is 0 Å². The Morgan fingerprint density at radius 1 is 1.50 bits per heavy atom. The monoisotopic (exact) mass is 253 g/mol. The number of nitrogens with one attached hydrogen (secondary N) is 1. The van der Waals surface area contributed by atoms with E-state index in [2.05, 4.69) is 11.9 Å². The zero-order valence-electron chi connectivity index (χ0n) is 8.51. The maximum absolute atomic E-state index is 11.1. The molecule has 0 radical (unpaired) electrons. The van der Waals surface area contributed by atoms with Gasteiger partial charge in [0.15, 0.2) is 0 Å². The van der Waals surface area contributed by atoms with Crippen molar-refractivity contribution in [1.82, 2.24) is 5.32 Å². The fourth-order valence-corrected chi connectivity index (χ4v) is 1.89. The fourth-order valence-electron chi connectivity index (χ4n) is 0.875. The minimum Gasteiger partial charge on any atom is -0.445 e. The molecule has 3 nitrogen and oxygen atoms in total. The molecule has 0 aromatic heterocycles. The van der Waals surface area contributed by atoms with Crippen molar-refractivity contribution in [2.75, 3.05) is 6.61 Å². The molecule has 0 saturated heterocycles. The van der Waals surface area contributed by atoms with Crippen molar-refractivity contribution in [3.05, 3.63) is 43.0 Å². The molecule has 0 saturated carbocycles. The van der Waals surface area contributed by atoms with E-state index in [-0.39, 0.29) is 6.61 Å². The summed E-state index contributed by atoms with van der Waals surface area (Å²) in [7, 11) is 0. The van der Waals surface area contributed by atoms with E-state index in [1.807, 2.05) is 30.3 Å². The van der Waals surface area contributed by atoms with Gasteiger partial charge in [-0.1, -0.05) is 54.8 Å². The first-order valence-corrected chi connectivity index (χ1v) is 5.76. The summed E-state index contributed by atoms with van der Waals surface area (Å²) in [5, 5.41) is 2.45. The Labute approximate surface area is 104 Å². The number of amides is 1. The number of carbonyl (C=O) groups is 1. The van der Waals surface area contributed by atoms with Crippen molar-refractivity contribution in [2.24, 2.45) is 0 Å². The van der Waals surface area contributed by atoms with Crippen LogP contribution in [0.5, 0.6) is 0 Å². The predicted octanol–water partition coefficient (Wildman–Crippen LogP) is 2.98. The third-order valence-corrected chi connectivity index (χ3v) is 2.64. The molecule has 0 aliphatic heterocycles. The van der Waals surface area contributed by atoms with Gasteiger partial charge in [0.25, 0.3) is 0 Å². The molecule has 0 aliphatic rings. The van der Waals surface area contributed by atoms with Crippen molar-refractivity contribution in [2.45, 2.75) is 4.90 Å². The molecule has 1 aromatic rings. The molecule has 1 amide bonds. The summed E-state index contributed by atoms with van der Waals surface area (Å²) >= 11 is 6.29. The van der Waals surface area contributed by atoms with Gasteiger partial charge in [-0.05, 0) is 12.1 Å². The normalized spacial score (nSPS) is 9.25. The number of ether oxygens (including phenoxy) is 1. The number of thiocarbonyl (C=S) groups is 1. The van der Waals surface area contributed by atoms with Crippen molar-refractivity contribution in [3.8, 4) is 0 Å². The lowest BCUT2D eigenvalue weighted by Gasteiger charge is -2.05. The lowest BCUT2D eigenvalue weighted by molar-refractivity contribution is 0.164. The largest absolute Gasteiger partial charge is 0.445 e.